The van der Waals surface area contributed by atoms with Crippen molar-refractivity contribution in [2.75, 3.05) is 11.9 Å². The summed E-state index contributed by atoms with van der Waals surface area (Å²) in [4.78, 5) is 19.6. The van der Waals surface area contributed by atoms with Crippen molar-refractivity contribution in [3.05, 3.63) is 17.5 Å². The molecular formula is C12H15N5O. The average molecular weight is 245 g/mol. The van der Waals surface area contributed by atoms with Crippen LogP contribution in [0.4, 0.5) is 5.95 Å². The molecule has 1 heterocycles. The van der Waals surface area contributed by atoms with Crippen molar-refractivity contribution in [2.45, 2.75) is 32.2 Å². The number of nitriles is 1. The molecule has 1 aliphatic carbocycles. The van der Waals surface area contributed by atoms with Crippen LogP contribution in [0, 0.1) is 18.3 Å². The van der Waals surface area contributed by atoms with E-state index in [9.17, 15) is 4.79 Å². The lowest BCUT2D eigenvalue weighted by Gasteiger charge is -2.06. The maximum absolute atomic E-state index is 11.4. The van der Waals surface area contributed by atoms with Crippen LogP contribution in [-0.4, -0.2) is 28.5 Å². The van der Waals surface area contributed by atoms with E-state index in [2.05, 4.69) is 20.6 Å². The lowest BCUT2D eigenvalue weighted by Crippen LogP contribution is -2.27. The zero-order chi connectivity index (χ0) is 13.0. The fourth-order valence-electron chi connectivity index (χ4n) is 1.52. The van der Waals surface area contributed by atoms with Crippen LogP contribution in [0.3, 0.4) is 0 Å². The summed E-state index contributed by atoms with van der Waals surface area (Å²) in [6.45, 7) is 2.26. The first-order valence-electron chi connectivity index (χ1n) is 5.96. The monoisotopic (exact) mass is 245 g/mol. The van der Waals surface area contributed by atoms with Crippen molar-refractivity contribution in [2.24, 2.45) is 0 Å². The Morgan fingerprint density at radius 1 is 1.56 bits per heavy atom. The minimum absolute atomic E-state index is 0.0400. The van der Waals surface area contributed by atoms with Crippen molar-refractivity contribution in [3.63, 3.8) is 0 Å². The number of hydrogen-bond acceptors (Lipinski definition) is 5. The van der Waals surface area contributed by atoms with Gasteiger partial charge in [0.2, 0.25) is 11.9 Å². The molecule has 2 rings (SSSR count). The van der Waals surface area contributed by atoms with Gasteiger partial charge < -0.3 is 10.6 Å². The molecule has 0 saturated heterocycles. The molecule has 1 aliphatic rings. The van der Waals surface area contributed by atoms with E-state index in [1.165, 1.54) is 0 Å². The van der Waals surface area contributed by atoms with Gasteiger partial charge in [-0.25, -0.2) is 9.97 Å². The second-order valence-electron chi connectivity index (χ2n) is 4.35. The third-order valence-electron chi connectivity index (χ3n) is 2.55. The first-order chi connectivity index (χ1) is 8.67. The quantitative estimate of drug-likeness (QED) is 0.798. The highest BCUT2D eigenvalue weighted by molar-refractivity contribution is 5.77. The summed E-state index contributed by atoms with van der Waals surface area (Å²) in [7, 11) is 0. The second kappa shape index (κ2) is 5.45. The van der Waals surface area contributed by atoms with Gasteiger partial charge in [0, 0.05) is 24.7 Å². The zero-order valence-corrected chi connectivity index (χ0v) is 10.2. The Bertz CT molecular complexity index is 490. The molecule has 0 bridgehead atoms. The summed E-state index contributed by atoms with van der Waals surface area (Å²) in [5.41, 5.74) is 1.05. The number of carbonyl (C=O) groups is 1. The minimum Gasteiger partial charge on any atom is -0.354 e. The maximum atomic E-state index is 11.4. The summed E-state index contributed by atoms with van der Waals surface area (Å²) in [6, 6.07) is 3.97. The van der Waals surface area contributed by atoms with Crippen LogP contribution in [-0.2, 0) is 4.79 Å². The van der Waals surface area contributed by atoms with Crippen LogP contribution in [0.1, 0.15) is 30.7 Å². The van der Waals surface area contributed by atoms with E-state index in [1.807, 2.05) is 6.07 Å². The van der Waals surface area contributed by atoms with Crippen LogP contribution in [0.2, 0.25) is 0 Å². The summed E-state index contributed by atoms with van der Waals surface area (Å²) >= 11 is 0. The zero-order valence-electron chi connectivity index (χ0n) is 10.2. The van der Waals surface area contributed by atoms with Crippen LogP contribution in [0.5, 0.6) is 0 Å². The van der Waals surface area contributed by atoms with Crippen LogP contribution in [0.25, 0.3) is 0 Å². The lowest BCUT2D eigenvalue weighted by atomic mass is 10.3. The van der Waals surface area contributed by atoms with Gasteiger partial charge in [-0.2, -0.15) is 5.26 Å². The van der Waals surface area contributed by atoms with Crippen molar-refractivity contribution < 1.29 is 4.79 Å². The predicted molar refractivity (Wildman–Crippen MR) is 65.8 cm³/mol. The topological polar surface area (TPSA) is 90.7 Å². The van der Waals surface area contributed by atoms with Gasteiger partial charge in [0.25, 0.3) is 0 Å². The largest absolute Gasteiger partial charge is 0.354 e. The third-order valence-corrected chi connectivity index (χ3v) is 2.55. The number of nitrogens with zero attached hydrogens (tertiary/aromatic N) is 3. The first kappa shape index (κ1) is 12.3. The Morgan fingerprint density at radius 3 is 3.00 bits per heavy atom. The van der Waals surface area contributed by atoms with Crippen molar-refractivity contribution in [3.8, 4) is 6.07 Å². The number of rotatable bonds is 5. The van der Waals surface area contributed by atoms with Crippen LogP contribution in [0.15, 0.2) is 6.07 Å². The van der Waals surface area contributed by atoms with E-state index in [0.29, 0.717) is 30.6 Å². The summed E-state index contributed by atoms with van der Waals surface area (Å²) in [5, 5.41) is 14.6. The SMILES string of the molecule is Cc1cc(C#N)nc(NCCC(=O)NC2CC2)n1. The molecule has 6 nitrogen and oxygen atoms in total. The van der Waals surface area contributed by atoms with E-state index in [1.54, 1.807) is 13.0 Å². The molecule has 0 radical (unpaired) electrons. The summed E-state index contributed by atoms with van der Waals surface area (Å²) in [6.07, 6.45) is 2.56. The van der Waals surface area contributed by atoms with Gasteiger partial charge in [0.1, 0.15) is 11.8 Å². The maximum Gasteiger partial charge on any atom is 0.224 e. The Labute approximate surface area is 105 Å². The highest BCUT2D eigenvalue weighted by Gasteiger charge is 2.22. The smallest absolute Gasteiger partial charge is 0.224 e. The molecule has 1 aromatic rings. The lowest BCUT2D eigenvalue weighted by molar-refractivity contribution is -0.120. The molecule has 0 atom stereocenters. The molecule has 1 saturated carbocycles. The Hall–Kier alpha value is -2.16. The molecular weight excluding hydrogens is 230 g/mol. The number of hydrogen-bond donors (Lipinski definition) is 2. The van der Waals surface area contributed by atoms with Gasteiger partial charge in [0.05, 0.1) is 0 Å². The van der Waals surface area contributed by atoms with Gasteiger partial charge in [0.15, 0.2) is 0 Å². The van der Waals surface area contributed by atoms with E-state index >= 15 is 0 Å². The predicted octanol–water partition coefficient (Wildman–Crippen LogP) is 0.737. The van der Waals surface area contributed by atoms with Crippen LogP contribution >= 0.6 is 0 Å². The molecule has 0 spiro atoms. The van der Waals surface area contributed by atoms with Crippen molar-refractivity contribution in [1.29, 1.82) is 5.26 Å². The first-order valence-corrected chi connectivity index (χ1v) is 5.96. The van der Waals surface area contributed by atoms with E-state index < -0.39 is 0 Å². The molecule has 94 valence electrons. The fourth-order valence-corrected chi connectivity index (χ4v) is 1.52. The van der Waals surface area contributed by atoms with E-state index in [-0.39, 0.29) is 5.91 Å². The van der Waals surface area contributed by atoms with Gasteiger partial charge in [-0.15, -0.1) is 0 Å². The average Bonchev–Trinajstić information content (AvgIpc) is 3.12. The molecule has 1 fully saturated rings. The minimum atomic E-state index is 0.0400. The number of amides is 1. The molecule has 0 aromatic carbocycles. The molecule has 0 unspecified atom stereocenters. The summed E-state index contributed by atoms with van der Waals surface area (Å²) < 4.78 is 0. The molecule has 6 heteroatoms. The van der Waals surface area contributed by atoms with Gasteiger partial charge >= 0.3 is 0 Å². The van der Waals surface area contributed by atoms with E-state index in [0.717, 1.165) is 18.5 Å². The molecule has 2 N–H and O–H groups in total. The molecule has 18 heavy (non-hydrogen) atoms. The van der Waals surface area contributed by atoms with E-state index in [4.69, 9.17) is 5.26 Å². The van der Waals surface area contributed by atoms with Gasteiger partial charge in [-0.3, -0.25) is 4.79 Å². The van der Waals surface area contributed by atoms with Crippen molar-refractivity contribution >= 4 is 11.9 Å². The molecule has 1 aromatic heterocycles. The summed E-state index contributed by atoms with van der Waals surface area (Å²) in [5.74, 6) is 0.434. The van der Waals surface area contributed by atoms with Gasteiger partial charge in [-0.1, -0.05) is 0 Å². The second-order valence-corrected chi connectivity index (χ2v) is 4.35. The van der Waals surface area contributed by atoms with Crippen LogP contribution < -0.4 is 10.6 Å². The standard InChI is InChI=1S/C12H15N5O/c1-8-6-10(7-13)17-12(15-8)14-5-4-11(18)16-9-2-3-9/h6,9H,2-5H2,1H3,(H,16,18)(H,14,15,17). The molecule has 1 amide bonds. The Morgan fingerprint density at radius 2 is 2.33 bits per heavy atom. The molecule has 0 aliphatic heterocycles. The number of aryl methyl sites for hydroxylation is 1. The number of aromatic nitrogens is 2. The number of nitrogens with one attached hydrogen (secondary N) is 2. The third kappa shape index (κ3) is 3.70. The highest BCUT2D eigenvalue weighted by atomic mass is 16.1. The highest BCUT2D eigenvalue weighted by Crippen LogP contribution is 2.18. The normalized spacial score (nSPS) is 13.8. The van der Waals surface area contributed by atoms with Crippen molar-refractivity contribution in [1.82, 2.24) is 15.3 Å². The number of carbonyl (C=O) groups excluding carboxylic acids is 1. The number of anilines is 1. The Kier molecular flexibility index (Phi) is 3.72. The fraction of sp³-hybridized carbons (Fsp3) is 0.500. The van der Waals surface area contributed by atoms with Gasteiger partial charge in [-0.05, 0) is 25.8 Å². The Balaban J connectivity index is 1.80.